The molecule has 0 aliphatic heterocycles. The van der Waals surface area contributed by atoms with Gasteiger partial charge in [0.1, 0.15) is 7.91 Å². The second-order valence-electron chi connectivity index (χ2n) is 0.431. The van der Waals surface area contributed by atoms with Crippen LogP contribution >= 0.6 is 7.91 Å². The van der Waals surface area contributed by atoms with Gasteiger partial charge in [-0.05, 0) is 0 Å². The summed E-state index contributed by atoms with van der Waals surface area (Å²) >= 11 is 0. The second kappa shape index (κ2) is 5.31. The molecule has 40 valence electrons. The molecule has 0 saturated carbocycles. The number of halogens is 1. The molecule has 0 aromatic heterocycles. The van der Waals surface area contributed by atoms with E-state index in [0.29, 0.717) is 0 Å². The Labute approximate surface area is 62.1 Å². The normalized spacial score (nSPS) is 8.43. The Morgan fingerprint density at radius 3 is 1.43 bits per heavy atom. The van der Waals surface area contributed by atoms with Crippen LogP contribution in [-0.2, 0) is 21.1 Å². The van der Waals surface area contributed by atoms with Gasteiger partial charge in [-0.25, -0.2) is 4.20 Å². The number of rotatable bonds is 0. The first kappa shape index (κ1) is 15.7. The SMILES string of the molecule is O=P([O-])([O-])F.[Li+].[Ni+2]. The van der Waals surface area contributed by atoms with Gasteiger partial charge in [0, 0.05) is 0 Å². The van der Waals surface area contributed by atoms with Crippen molar-refractivity contribution in [1.29, 1.82) is 0 Å². The minimum Gasteiger partial charge on any atom is -0.786 e. The molecule has 0 amide bonds. The molecule has 0 heterocycles. The Morgan fingerprint density at radius 2 is 1.43 bits per heavy atom. The van der Waals surface area contributed by atoms with E-state index in [9.17, 15) is 4.20 Å². The van der Waals surface area contributed by atoms with Crippen LogP contribution in [0.1, 0.15) is 0 Å². The molecule has 0 aliphatic carbocycles. The van der Waals surface area contributed by atoms with Crippen molar-refractivity contribution in [2.24, 2.45) is 0 Å². The standard InChI is InChI=1S/FH2O3P.Li.Ni/c1-5(2,3)4;;/h(H2,2,3,4);;/q;+1;+2/p-2. The van der Waals surface area contributed by atoms with Crippen molar-refractivity contribution in [3.05, 3.63) is 0 Å². The van der Waals surface area contributed by atoms with Gasteiger partial charge < -0.3 is 14.4 Å². The Kier molecular flexibility index (Phi) is 11.9. The quantitative estimate of drug-likeness (QED) is 0.269. The first-order valence-corrected chi connectivity index (χ1v) is 2.15. The van der Waals surface area contributed by atoms with E-state index in [1.807, 2.05) is 0 Å². The number of hydrogen-bond donors (Lipinski definition) is 0. The molecule has 0 unspecified atom stereocenters. The molecule has 0 aromatic carbocycles. The fourth-order valence-electron chi connectivity index (χ4n) is 0. The predicted molar refractivity (Wildman–Crippen MR) is 8.71 cm³/mol. The Bertz CT molecular complexity index is 61.1. The topological polar surface area (TPSA) is 63.2 Å². The summed E-state index contributed by atoms with van der Waals surface area (Å²) in [6.45, 7) is 0. The van der Waals surface area contributed by atoms with Crippen molar-refractivity contribution >= 4 is 7.91 Å². The van der Waals surface area contributed by atoms with Crippen LogP contribution in [0.15, 0.2) is 0 Å². The maximum atomic E-state index is 10.1. The first-order valence-electron chi connectivity index (χ1n) is 0.717. The van der Waals surface area contributed by atoms with Crippen LogP contribution in [0.4, 0.5) is 4.20 Å². The van der Waals surface area contributed by atoms with E-state index >= 15 is 0 Å². The molecule has 3 nitrogen and oxygen atoms in total. The van der Waals surface area contributed by atoms with E-state index in [1.165, 1.54) is 0 Å². The Hall–Kier alpha value is 1.17. The smallest absolute Gasteiger partial charge is 0.786 e. The summed E-state index contributed by atoms with van der Waals surface area (Å²) in [4.78, 5) is 16.9. The van der Waals surface area contributed by atoms with Gasteiger partial charge in [-0.15, -0.1) is 0 Å². The van der Waals surface area contributed by atoms with Gasteiger partial charge >= 0.3 is 35.4 Å². The molecule has 0 atom stereocenters. The van der Waals surface area contributed by atoms with Crippen LogP contribution in [-0.4, -0.2) is 0 Å². The molecule has 0 aromatic rings. The van der Waals surface area contributed by atoms with E-state index in [0.717, 1.165) is 0 Å². The van der Waals surface area contributed by atoms with Crippen molar-refractivity contribution < 1.29 is 53.9 Å². The van der Waals surface area contributed by atoms with Crippen molar-refractivity contribution in [2.75, 3.05) is 0 Å². The van der Waals surface area contributed by atoms with Gasteiger partial charge in [-0.3, -0.25) is 0 Å². The average Bonchev–Trinajstić information content (AvgIpc) is 0.722. The molecule has 7 heavy (non-hydrogen) atoms. The van der Waals surface area contributed by atoms with E-state index < -0.39 is 7.91 Å². The third-order valence-electron chi connectivity index (χ3n) is 0. The van der Waals surface area contributed by atoms with Crippen molar-refractivity contribution in [3.8, 4) is 0 Å². The summed E-state index contributed by atoms with van der Waals surface area (Å²) in [6.07, 6.45) is 0. The molecular formula is FLiNiO3P+. The van der Waals surface area contributed by atoms with Crippen LogP contribution in [0, 0.1) is 0 Å². The van der Waals surface area contributed by atoms with Crippen molar-refractivity contribution in [3.63, 3.8) is 0 Å². The fraction of sp³-hybridized carbons (Fsp3) is 0. The second-order valence-corrected chi connectivity index (χ2v) is 1.29. The van der Waals surface area contributed by atoms with Crippen LogP contribution < -0.4 is 28.6 Å². The fourth-order valence-corrected chi connectivity index (χ4v) is 0. The third kappa shape index (κ3) is 140. The zero-order chi connectivity index (χ0) is 4.50. The van der Waals surface area contributed by atoms with E-state index in [-0.39, 0.29) is 35.4 Å². The summed E-state index contributed by atoms with van der Waals surface area (Å²) in [6, 6.07) is 0. The molecule has 0 radical (unpaired) electrons. The molecule has 0 fully saturated rings. The Balaban J connectivity index is -0.0000000800. The molecule has 0 bridgehead atoms. The molecule has 0 aliphatic rings. The monoisotopic (exact) mass is 163 g/mol. The van der Waals surface area contributed by atoms with Gasteiger partial charge in [0.05, 0.1) is 0 Å². The zero-order valence-corrected chi connectivity index (χ0v) is 5.25. The van der Waals surface area contributed by atoms with E-state index in [1.54, 1.807) is 0 Å². The molecule has 7 heteroatoms. The van der Waals surface area contributed by atoms with Crippen LogP contribution in [0.5, 0.6) is 0 Å². The molecule has 0 N–H and O–H groups in total. The third-order valence-corrected chi connectivity index (χ3v) is 0. The minimum absolute atomic E-state index is 0. The van der Waals surface area contributed by atoms with Gasteiger partial charge in [-0.2, -0.15) is 0 Å². The Morgan fingerprint density at radius 1 is 1.43 bits per heavy atom. The van der Waals surface area contributed by atoms with Gasteiger partial charge in [0.25, 0.3) is 0 Å². The predicted octanol–water partition coefficient (Wildman–Crippen LogP) is -4.21. The molecule has 0 saturated heterocycles. The maximum absolute atomic E-state index is 10.1. The largest absolute Gasteiger partial charge is 2.00 e. The minimum atomic E-state index is -5.64. The van der Waals surface area contributed by atoms with Crippen LogP contribution in [0.25, 0.3) is 0 Å². The van der Waals surface area contributed by atoms with E-state index in [2.05, 4.69) is 0 Å². The summed E-state index contributed by atoms with van der Waals surface area (Å²) in [5.41, 5.74) is 0. The summed E-state index contributed by atoms with van der Waals surface area (Å²) in [5.74, 6) is 0. The first-order chi connectivity index (χ1) is 2.00. The van der Waals surface area contributed by atoms with Crippen LogP contribution in [0.2, 0.25) is 0 Å². The average molecular weight is 164 g/mol. The molecule has 0 spiro atoms. The zero-order valence-electron chi connectivity index (χ0n) is 3.37. The van der Waals surface area contributed by atoms with Crippen LogP contribution in [0.3, 0.4) is 0 Å². The van der Waals surface area contributed by atoms with Gasteiger partial charge in [-0.1, -0.05) is 0 Å². The van der Waals surface area contributed by atoms with Crippen molar-refractivity contribution in [2.45, 2.75) is 0 Å². The van der Waals surface area contributed by atoms with Crippen molar-refractivity contribution in [1.82, 2.24) is 0 Å². The molecular weight excluding hydrogens is 164 g/mol. The maximum Gasteiger partial charge on any atom is 2.00 e. The molecule has 0 rings (SSSR count). The number of hydrogen-bond acceptors (Lipinski definition) is 3. The van der Waals surface area contributed by atoms with Gasteiger partial charge in [0.15, 0.2) is 0 Å². The van der Waals surface area contributed by atoms with E-state index in [4.69, 9.17) is 14.4 Å². The summed E-state index contributed by atoms with van der Waals surface area (Å²) < 4.78 is 18.6. The van der Waals surface area contributed by atoms with Gasteiger partial charge in [0.2, 0.25) is 0 Å². The summed E-state index contributed by atoms with van der Waals surface area (Å²) in [7, 11) is -5.64. The summed E-state index contributed by atoms with van der Waals surface area (Å²) in [5, 5.41) is 0.